The Morgan fingerprint density at radius 2 is 2.32 bits per heavy atom. The summed E-state index contributed by atoms with van der Waals surface area (Å²) < 4.78 is 0. The van der Waals surface area contributed by atoms with E-state index >= 15 is 0 Å². The van der Waals surface area contributed by atoms with Crippen LogP contribution in [0.25, 0.3) is 0 Å². The van der Waals surface area contributed by atoms with Crippen LogP contribution in [-0.2, 0) is 0 Å². The highest BCUT2D eigenvalue weighted by Crippen LogP contribution is 2.30. The first kappa shape index (κ1) is 13.6. The second kappa shape index (κ2) is 5.92. The summed E-state index contributed by atoms with van der Waals surface area (Å²) in [5, 5.41) is 2.12. The van der Waals surface area contributed by atoms with E-state index in [2.05, 4.69) is 34.4 Å². The lowest BCUT2D eigenvalue weighted by molar-refractivity contribution is 0.0365. The molecule has 0 aliphatic carbocycles. The van der Waals surface area contributed by atoms with Gasteiger partial charge in [-0.05, 0) is 56.8 Å². The summed E-state index contributed by atoms with van der Waals surface area (Å²) >= 11 is 1.78. The molecule has 1 aromatic rings. The maximum Gasteiger partial charge on any atom is 0.0519 e. The smallest absolute Gasteiger partial charge is 0.0519 e. The van der Waals surface area contributed by atoms with Crippen LogP contribution in [0.15, 0.2) is 17.5 Å². The number of piperidine rings is 2. The van der Waals surface area contributed by atoms with Gasteiger partial charge in [-0.1, -0.05) is 6.07 Å². The molecule has 3 unspecified atom stereocenters. The van der Waals surface area contributed by atoms with Gasteiger partial charge in [-0.15, -0.1) is 11.3 Å². The summed E-state index contributed by atoms with van der Waals surface area (Å²) in [7, 11) is 2.30. The molecule has 2 fully saturated rings. The van der Waals surface area contributed by atoms with E-state index in [0.29, 0.717) is 0 Å². The maximum absolute atomic E-state index is 6.32. The molecule has 0 aromatic carbocycles. The van der Waals surface area contributed by atoms with Crippen LogP contribution in [0.1, 0.15) is 30.2 Å². The van der Waals surface area contributed by atoms with Gasteiger partial charge in [-0.3, -0.25) is 0 Å². The molecular weight excluding hydrogens is 254 g/mol. The van der Waals surface area contributed by atoms with E-state index in [1.165, 1.54) is 43.8 Å². The molecule has 4 heteroatoms. The third-order valence-corrected chi connectivity index (χ3v) is 5.80. The molecule has 0 radical (unpaired) electrons. The third-order valence-electron chi connectivity index (χ3n) is 4.79. The van der Waals surface area contributed by atoms with E-state index < -0.39 is 0 Å². The van der Waals surface area contributed by atoms with Gasteiger partial charge in [0.2, 0.25) is 0 Å². The highest BCUT2D eigenvalue weighted by atomic mass is 32.1. The molecule has 2 saturated heterocycles. The van der Waals surface area contributed by atoms with E-state index in [0.717, 1.165) is 18.5 Å². The normalized spacial score (nSPS) is 31.1. The summed E-state index contributed by atoms with van der Waals surface area (Å²) in [5.41, 5.74) is 6.32. The van der Waals surface area contributed by atoms with Crippen LogP contribution in [0.5, 0.6) is 0 Å². The largest absolute Gasteiger partial charge is 0.322 e. The Morgan fingerprint density at radius 1 is 1.42 bits per heavy atom. The Labute approximate surface area is 120 Å². The lowest BCUT2D eigenvalue weighted by atomic mass is 9.84. The number of hydrogen-bond donors (Lipinski definition) is 1. The number of fused-ring (bicyclic) bond motifs is 1. The second-order valence-corrected chi connectivity index (χ2v) is 7.10. The molecule has 2 aliphatic rings. The number of thiophene rings is 1. The van der Waals surface area contributed by atoms with Gasteiger partial charge in [-0.25, -0.2) is 0 Å². The summed E-state index contributed by atoms with van der Waals surface area (Å²) in [6, 6.07) is 5.28. The van der Waals surface area contributed by atoms with Crippen LogP contribution < -0.4 is 5.73 Å². The van der Waals surface area contributed by atoms with E-state index in [1.807, 2.05) is 0 Å². The molecule has 0 saturated carbocycles. The van der Waals surface area contributed by atoms with Gasteiger partial charge in [0.05, 0.1) is 6.04 Å². The van der Waals surface area contributed by atoms with Gasteiger partial charge in [0, 0.05) is 24.0 Å². The predicted molar refractivity (Wildman–Crippen MR) is 81.4 cm³/mol. The standard InChI is InChI=1S/C15H25N3S/c1-17-7-2-4-12-10-18(8-6-14(12)17)11-13(16)15-5-3-9-19-15/h3,5,9,12-14H,2,4,6-8,10-11,16H2,1H3. The fraction of sp³-hybridized carbons (Fsp3) is 0.733. The first-order valence-corrected chi connectivity index (χ1v) is 8.33. The molecule has 2 N–H and O–H groups in total. The van der Waals surface area contributed by atoms with Gasteiger partial charge < -0.3 is 15.5 Å². The van der Waals surface area contributed by atoms with Crippen LogP contribution in [0, 0.1) is 5.92 Å². The highest BCUT2D eigenvalue weighted by molar-refractivity contribution is 7.10. The minimum absolute atomic E-state index is 0.192. The molecule has 19 heavy (non-hydrogen) atoms. The van der Waals surface area contributed by atoms with Crippen molar-refractivity contribution in [1.82, 2.24) is 9.80 Å². The zero-order valence-electron chi connectivity index (χ0n) is 11.8. The summed E-state index contributed by atoms with van der Waals surface area (Å²) in [4.78, 5) is 6.48. The predicted octanol–water partition coefficient (Wildman–Crippen LogP) is 2.16. The van der Waals surface area contributed by atoms with Gasteiger partial charge in [0.1, 0.15) is 0 Å². The van der Waals surface area contributed by atoms with Crippen LogP contribution >= 0.6 is 11.3 Å². The minimum atomic E-state index is 0.192. The summed E-state index contributed by atoms with van der Waals surface area (Å²) in [6.45, 7) is 4.77. The van der Waals surface area contributed by atoms with Crippen molar-refractivity contribution in [2.75, 3.05) is 33.2 Å². The van der Waals surface area contributed by atoms with E-state index in [9.17, 15) is 0 Å². The molecular formula is C15H25N3S. The second-order valence-electron chi connectivity index (χ2n) is 6.12. The van der Waals surface area contributed by atoms with Gasteiger partial charge >= 0.3 is 0 Å². The number of nitrogens with two attached hydrogens (primary N) is 1. The Morgan fingerprint density at radius 3 is 3.11 bits per heavy atom. The first-order valence-electron chi connectivity index (χ1n) is 7.45. The van der Waals surface area contributed by atoms with E-state index in [1.54, 1.807) is 11.3 Å². The Bertz CT molecular complexity index is 392. The number of nitrogens with zero attached hydrogens (tertiary/aromatic N) is 2. The Balaban J connectivity index is 1.56. The summed E-state index contributed by atoms with van der Waals surface area (Å²) in [5.74, 6) is 0.864. The first-order chi connectivity index (χ1) is 9.24. The zero-order valence-corrected chi connectivity index (χ0v) is 12.6. The highest BCUT2D eigenvalue weighted by Gasteiger charge is 2.34. The summed E-state index contributed by atoms with van der Waals surface area (Å²) in [6.07, 6.45) is 4.08. The molecule has 1 aromatic heterocycles. The molecule has 3 nitrogen and oxygen atoms in total. The third kappa shape index (κ3) is 3.02. The molecule has 106 valence electrons. The number of hydrogen-bond acceptors (Lipinski definition) is 4. The van der Waals surface area contributed by atoms with Crippen LogP contribution in [-0.4, -0.2) is 49.1 Å². The van der Waals surface area contributed by atoms with Crippen molar-refractivity contribution in [3.05, 3.63) is 22.4 Å². The van der Waals surface area contributed by atoms with Crippen molar-refractivity contribution in [2.24, 2.45) is 11.7 Å². The van der Waals surface area contributed by atoms with Crippen molar-refractivity contribution < 1.29 is 0 Å². The van der Waals surface area contributed by atoms with Crippen LogP contribution in [0.4, 0.5) is 0 Å². The zero-order chi connectivity index (χ0) is 13.2. The molecule has 3 atom stereocenters. The van der Waals surface area contributed by atoms with Crippen molar-refractivity contribution in [1.29, 1.82) is 0 Å². The molecule has 2 aliphatic heterocycles. The van der Waals surface area contributed by atoms with Gasteiger partial charge in [0.25, 0.3) is 0 Å². The maximum atomic E-state index is 6.32. The fourth-order valence-corrected chi connectivity index (χ4v) is 4.48. The monoisotopic (exact) mass is 279 g/mol. The van der Waals surface area contributed by atoms with Gasteiger partial charge in [0.15, 0.2) is 0 Å². The van der Waals surface area contributed by atoms with Gasteiger partial charge in [-0.2, -0.15) is 0 Å². The molecule has 0 amide bonds. The van der Waals surface area contributed by atoms with Crippen LogP contribution in [0.2, 0.25) is 0 Å². The lowest BCUT2D eigenvalue weighted by Gasteiger charge is -2.46. The number of rotatable bonds is 3. The quantitative estimate of drug-likeness (QED) is 0.920. The lowest BCUT2D eigenvalue weighted by Crippen LogP contribution is -2.53. The van der Waals surface area contributed by atoms with Crippen molar-refractivity contribution in [3.8, 4) is 0 Å². The minimum Gasteiger partial charge on any atom is -0.322 e. The molecule has 3 heterocycles. The topological polar surface area (TPSA) is 32.5 Å². The molecule has 0 spiro atoms. The average molecular weight is 279 g/mol. The molecule has 3 rings (SSSR count). The van der Waals surface area contributed by atoms with Crippen molar-refractivity contribution in [2.45, 2.75) is 31.3 Å². The molecule has 0 bridgehead atoms. The Kier molecular flexibility index (Phi) is 4.22. The number of likely N-dealkylation sites (tertiary alicyclic amines) is 2. The van der Waals surface area contributed by atoms with Crippen molar-refractivity contribution >= 4 is 11.3 Å². The average Bonchev–Trinajstić information content (AvgIpc) is 2.93. The Hall–Kier alpha value is -0.420. The van der Waals surface area contributed by atoms with E-state index in [-0.39, 0.29) is 6.04 Å². The SMILES string of the molecule is CN1CCCC2CN(CC(N)c3cccs3)CCC21. The van der Waals surface area contributed by atoms with Crippen molar-refractivity contribution in [3.63, 3.8) is 0 Å². The fourth-order valence-electron chi connectivity index (χ4n) is 3.76. The van der Waals surface area contributed by atoms with E-state index in [4.69, 9.17) is 5.73 Å². The van der Waals surface area contributed by atoms with Crippen LogP contribution in [0.3, 0.4) is 0 Å².